The number of halogens is 2. The van der Waals surface area contributed by atoms with Gasteiger partial charge in [0.05, 0.1) is 27.1 Å². The molecule has 184 valence electrons. The average molecular weight is 582 g/mol. The van der Waals surface area contributed by atoms with E-state index in [0.717, 1.165) is 27.5 Å². The van der Waals surface area contributed by atoms with Crippen molar-refractivity contribution in [2.45, 2.75) is 6.92 Å². The summed E-state index contributed by atoms with van der Waals surface area (Å²) in [6.07, 6.45) is 1.22. The van der Waals surface area contributed by atoms with E-state index in [9.17, 15) is 19.7 Å². The molecular formula is C25H14BrClN4O6. The second-order valence-electron chi connectivity index (χ2n) is 7.81. The van der Waals surface area contributed by atoms with Crippen molar-refractivity contribution in [3.8, 4) is 17.3 Å². The van der Waals surface area contributed by atoms with E-state index in [1.165, 1.54) is 12.3 Å². The van der Waals surface area contributed by atoms with Crippen LogP contribution >= 0.6 is 27.5 Å². The van der Waals surface area contributed by atoms with Gasteiger partial charge in [-0.15, -0.1) is 0 Å². The highest BCUT2D eigenvalue weighted by Crippen LogP contribution is 2.36. The standard InChI is InChI=1S/C25H14BrClN4O6/c1-13(32)36-23-18(27)8-14(9-20(23)31(34)35)12-28-30-24(29-19-5-3-2-4-17(19)25(30)33)22-11-15-10-16(26)6-7-21(15)37-22/h2-12H,1H3. The number of benzene rings is 3. The van der Waals surface area contributed by atoms with Gasteiger partial charge in [0.1, 0.15) is 5.58 Å². The van der Waals surface area contributed by atoms with E-state index < -0.39 is 22.1 Å². The summed E-state index contributed by atoms with van der Waals surface area (Å²) in [5.74, 6) is -0.718. The van der Waals surface area contributed by atoms with Gasteiger partial charge in [0.15, 0.2) is 5.76 Å². The highest BCUT2D eigenvalue weighted by atomic mass is 79.9. The first-order valence-electron chi connectivity index (χ1n) is 10.6. The van der Waals surface area contributed by atoms with Crippen molar-refractivity contribution in [2.75, 3.05) is 0 Å². The molecule has 2 aromatic heterocycles. The molecule has 2 heterocycles. The molecule has 12 heteroatoms. The highest BCUT2D eigenvalue weighted by molar-refractivity contribution is 9.10. The minimum atomic E-state index is -0.761. The predicted octanol–water partition coefficient (Wildman–Crippen LogP) is 5.94. The van der Waals surface area contributed by atoms with Crippen LogP contribution in [0.15, 0.2) is 79.4 Å². The normalized spacial score (nSPS) is 11.4. The Balaban J connectivity index is 1.69. The predicted molar refractivity (Wildman–Crippen MR) is 141 cm³/mol. The Morgan fingerprint density at radius 2 is 2.00 bits per heavy atom. The molecule has 37 heavy (non-hydrogen) atoms. The van der Waals surface area contributed by atoms with Crippen molar-refractivity contribution in [2.24, 2.45) is 5.10 Å². The van der Waals surface area contributed by atoms with Crippen LogP contribution in [0.4, 0.5) is 5.69 Å². The van der Waals surface area contributed by atoms with E-state index in [1.54, 1.807) is 36.4 Å². The minimum absolute atomic E-state index is 0.129. The number of fused-ring (bicyclic) bond motifs is 2. The molecule has 0 fully saturated rings. The number of para-hydroxylation sites is 1. The summed E-state index contributed by atoms with van der Waals surface area (Å²) in [6.45, 7) is 1.10. The zero-order valence-electron chi connectivity index (χ0n) is 18.8. The topological polar surface area (TPSA) is 130 Å². The molecule has 3 aromatic carbocycles. The Hall–Kier alpha value is -4.35. The summed E-state index contributed by atoms with van der Waals surface area (Å²) in [5.41, 5.74) is 0.207. The Morgan fingerprint density at radius 3 is 2.76 bits per heavy atom. The molecule has 0 spiro atoms. The maximum Gasteiger partial charge on any atom is 0.313 e. The summed E-state index contributed by atoms with van der Waals surface area (Å²) in [5, 5.41) is 16.8. The van der Waals surface area contributed by atoms with Gasteiger partial charge < -0.3 is 9.15 Å². The van der Waals surface area contributed by atoms with Crippen molar-refractivity contribution in [3.63, 3.8) is 0 Å². The fraction of sp³-hybridized carbons (Fsp3) is 0.0400. The van der Waals surface area contributed by atoms with E-state index in [2.05, 4.69) is 26.0 Å². The van der Waals surface area contributed by atoms with Crippen molar-refractivity contribution >= 4 is 67.3 Å². The maximum absolute atomic E-state index is 13.4. The molecule has 5 rings (SSSR count). The van der Waals surface area contributed by atoms with Crippen molar-refractivity contribution in [3.05, 3.63) is 96.2 Å². The first-order valence-corrected chi connectivity index (χ1v) is 11.8. The SMILES string of the molecule is CC(=O)Oc1c(Cl)cc(C=Nn2c(-c3cc4cc(Br)ccc4o3)nc3ccccc3c2=O)cc1[N+](=O)[O-]. The zero-order valence-corrected chi connectivity index (χ0v) is 21.2. The van der Waals surface area contributed by atoms with Gasteiger partial charge in [0.2, 0.25) is 11.6 Å². The molecule has 10 nitrogen and oxygen atoms in total. The van der Waals surface area contributed by atoms with Crippen LogP contribution in [-0.2, 0) is 4.79 Å². The lowest BCUT2D eigenvalue weighted by atomic mass is 10.2. The molecule has 0 amide bonds. The van der Waals surface area contributed by atoms with E-state index in [-0.39, 0.29) is 22.2 Å². The summed E-state index contributed by atoms with van der Waals surface area (Å²) in [4.78, 5) is 40.2. The van der Waals surface area contributed by atoms with E-state index >= 15 is 0 Å². The number of carbonyl (C=O) groups is 1. The zero-order chi connectivity index (χ0) is 26.3. The van der Waals surface area contributed by atoms with Gasteiger partial charge in [-0.05, 0) is 42.5 Å². The number of rotatable bonds is 5. The molecule has 0 atom stereocenters. The fourth-order valence-corrected chi connectivity index (χ4v) is 4.33. The number of carbonyl (C=O) groups excluding carboxylic acids is 1. The number of esters is 1. The van der Waals surface area contributed by atoms with Gasteiger partial charge in [-0.3, -0.25) is 19.7 Å². The number of hydrogen-bond donors (Lipinski definition) is 0. The Bertz CT molecular complexity index is 1830. The molecule has 0 aliphatic carbocycles. The Kier molecular flexibility index (Phi) is 6.32. The second-order valence-corrected chi connectivity index (χ2v) is 9.13. The number of hydrogen-bond acceptors (Lipinski definition) is 8. The first-order chi connectivity index (χ1) is 17.7. The lowest BCUT2D eigenvalue weighted by molar-refractivity contribution is -0.385. The van der Waals surface area contributed by atoms with Gasteiger partial charge in [-0.1, -0.05) is 39.7 Å². The lowest BCUT2D eigenvalue weighted by Gasteiger charge is -2.08. The Labute approximate surface area is 221 Å². The molecule has 0 radical (unpaired) electrons. The van der Waals surface area contributed by atoms with Gasteiger partial charge in [0.25, 0.3) is 5.56 Å². The summed E-state index contributed by atoms with van der Waals surface area (Å²) in [6, 6.07) is 16.4. The van der Waals surface area contributed by atoms with Crippen molar-refractivity contribution < 1.29 is 18.9 Å². The number of nitrogens with zero attached hydrogens (tertiary/aromatic N) is 4. The maximum atomic E-state index is 13.4. The molecule has 0 saturated carbocycles. The Morgan fingerprint density at radius 1 is 1.22 bits per heavy atom. The van der Waals surface area contributed by atoms with Crippen LogP contribution < -0.4 is 10.3 Å². The van der Waals surface area contributed by atoms with Crippen molar-refractivity contribution in [1.29, 1.82) is 0 Å². The summed E-state index contributed by atoms with van der Waals surface area (Å²) in [7, 11) is 0. The molecule has 0 bridgehead atoms. The van der Waals surface area contributed by atoms with Gasteiger partial charge in [-0.2, -0.15) is 9.78 Å². The number of furan rings is 1. The number of ether oxygens (including phenoxy) is 1. The molecule has 5 aromatic rings. The van der Waals surface area contributed by atoms with Crippen LogP contribution in [0.1, 0.15) is 12.5 Å². The molecular weight excluding hydrogens is 568 g/mol. The molecule has 0 unspecified atom stereocenters. The third-order valence-electron chi connectivity index (χ3n) is 5.26. The molecule has 0 saturated heterocycles. The van der Waals surface area contributed by atoms with Crippen LogP contribution in [-0.4, -0.2) is 26.8 Å². The molecule has 0 N–H and O–H groups in total. The number of aromatic nitrogens is 2. The molecule has 0 aliphatic rings. The fourth-order valence-electron chi connectivity index (χ4n) is 3.69. The molecule has 0 aliphatic heterocycles. The van der Waals surface area contributed by atoms with Gasteiger partial charge >= 0.3 is 11.7 Å². The highest BCUT2D eigenvalue weighted by Gasteiger charge is 2.22. The quantitative estimate of drug-likeness (QED) is 0.0825. The third kappa shape index (κ3) is 4.74. The smallest absolute Gasteiger partial charge is 0.313 e. The van der Waals surface area contributed by atoms with Gasteiger partial charge in [-0.25, -0.2) is 4.98 Å². The van der Waals surface area contributed by atoms with Crippen LogP contribution in [0.5, 0.6) is 5.75 Å². The van der Waals surface area contributed by atoms with E-state index in [1.807, 2.05) is 12.1 Å². The van der Waals surface area contributed by atoms with Crippen LogP contribution in [0.25, 0.3) is 33.5 Å². The second kappa shape index (κ2) is 9.60. The number of nitro groups is 1. The monoisotopic (exact) mass is 580 g/mol. The number of nitro benzene ring substituents is 1. The van der Waals surface area contributed by atoms with Crippen LogP contribution in [0, 0.1) is 10.1 Å². The van der Waals surface area contributed by atoms with Crippen LogP contribution in [0.3, 0.4) is 0 Å². The largest absolute Gasteiger partial charge is 0.453 e. The lowest BCUT2D eigenvalue weighted by Crippen LogP contribution is -2.20. The van der Waals surface area contributed by atoms with E-state index in [0.29, 0.717) is 22.2 Å². The first kappa shape index (κ1) is 24.3. The summed E-state index contributed by atoms with van der Waals surface area (Å²) >= 11 is 9.58. The van der Waals surface area contributed by atoms with Gasteiger partial charge in [0, 0.05) is 28.4 Å². The third-order valence-corrected chi connectivity index (χ3v) is 6.04. The van der Waals surface area contributed by atoms with Crippen molar-refractivity contribution in [1.82, 2.24) is 9.66 Å². The van der Waals surface area contributed by atoms with E-state index in [4.69, 9.17) is 20.8 Å². The summed E-state index contributed by atoms with van der Waals surface area (Å²) < 4.78 is 12.8. The van der Waals surface area contributed by atoms with Crippen LogP contribution in [0.2, 0.25) is 5.02 Å². The minimum Gasteiger partial charge on any atom is -0.453 e. The average Bonchev–Trinajstić information content (AvgIpc) is 3.27.